The van der Waals surface area contributed by atoms with Crippen molar-refractivity contribution >= 4 is 0 Å². The summed E-state index contributed by atoms with van der Waals surface area (Å²) in [5, 5.41) is 7.40. The summed E-state index contributed by atoms with van der Waals surface area (Å²) in [6.45, 7) is 6.65. The molecule has 1 aromatic heterocycles. The minimum absolute atomic E-state index is 0.183. The van der Waals surface area contributed by atoms with E-state index in [2.05, 4.69) is 15.4 Å². The van der Waals surface area contributed by atoms with Crippen LogP contribution in [-0.4, -0.2) is 21.3 Å². The zero-order valence-electron chi connectivity index (χ0n) is 12.5. The van der Waals surface area contributed by atoms with Crippen molar-refractivity contribution in [1.82, 2.24) is 20.1 Å². The lowest BCUT2D eigenvalue weighted by Gasteiger charge is -2.19. The summed E-state index contributed by atoms with van der Waals surface area (Å²) in [4.78, 5) is 4.25. The lowest BCUT2D eigenvalue weighted by atomic mass is 10.0. The van der Waals surface area contributed by atoms with Crippen molar-refractivity contribution < 1.29 is 8.78 Å². The van der Waals surface area contributed by atoms with Gasteiger partial charge in [0.2, 0.25) is 0 Å². The highest BCUT2D eigenvalue weighted by Crippen LogP contribution is 2.22. The van der Waals surface area contributed by atoms with Gasteiger partial charge in [-0.3, -0.25) is 0 Å². The molecular formula is C15H20F2N4. The zero-order chi connectivity index (χ0) is 15.4. The second kappa shape index (κ2) is 6.76. The molecule has 6 heteroatoms. The van der Waals surface area contributed by atoms with Gasteiger partial charge in [-0.25, -0.2) is 18.4 Å². The van der Waals surface area contributed by atoms with Crippen LogP contribution in [0.5, 0.6) is 0 Å². The standard InChI is InChI=1S/C15H20F2N4/c1-4-18-14(12-6-5-11(16)7-13(12)17)8-15-19-9-20-21(15)10(2)3/h5-7,9-10,14,18H,4,8H2,1-3H3. The normalized spacial score (nSPS) is 12.9. The van der Waals surface area contributed by atoms with Gasteiger partial charge in [-0.05, 0) is 26.5 Å². The fourth-order valence-electron chi connectivity index (χ4n) is 2.36. The molecule has 4 nitrogen and oxygen atoms in total. The van der Waals surface area contributed by atoms with Gasteiger partial charge >= 0.3 is 0 Å². The van der Waals surface area contributed by atoms with E-state index >= 15 is 0 Å². The fraction of sp³-hybridized carbons (Fsp3) is 0.467. The predicted molar refractivity (Wildman–Crippen MR) is 76.9 cm³/mol. The van der Waals surface area contributed by atoms with Gasteiger partial charge in [-0.1, -0.05) is 13.0 Å². The van der Waals surface area contributed by atoms with Gasteiger partial charge in [0.25, 0.3) is 0 Å². The number of hydrogen-bond acceptors (Lipinski definition) is 3. The largest absolute Gasteiger partial charge is 0.310 e. The van der Waals surface area contributed by atoms with Gasteiger partial charge in [0.15, 0.2) is 0 Å². The van der Waals surface area contributed by atoms with E-state index in [1.165, 1.54) is 18.5 Å². The van der Waals surface area contributed by atoms with Crippen molar-refractivity contribution in [1.29, 1.82) is 0 Å². The van der Waals surface area contributed by atoms with Crippen LogP contribution in [0.4, 0.5) is 8.78 Å². The Labute approximate surface area is 123 Å². The highest BCUT2D eigenvalue weighted by atomic mass is 19.1. The highest BCUT2D eigenvalue weighted by molar-refractivity contribution is 5.23. The molecule has 0 saturated heterocycles. The first-order chi connectivity index (χ1) is 10.0. The summed E-state index contributed by atoms with van der Waals surface area (Å²) in [6, 6.07) is 3.58. The third-order valence-corrected chi connectivity index (χ3v) is 3.31. The molecule has 1 heterocycles. The summed E-state index contributed by atoms with van der Waals surface area (Å²) < 4.78 is 28.9. The zero-order valence-corrected chi connectivity index (χ0v) is 12.5. The molecule has 1 unspecified atom stereocenters. The van der Waals surface area contributed by atoms with Crippen LogP contribution >= 0.6 is 0 Å². The molecule has 114 valence electrons. The van der Waals surface area contributed by atoms with E-state index in [1.807, 2.05) is 25.5 Å². The van der Waals surface area contributed by atoms with E-state index in [9.17, 15) is 8.78 Å². The van der Waals surface area contributed by atoms with Crippen molar-refractivity contribution in [3.63, 3.8) is 0 Å². The molecule has 0 aliphatic carbocycles. The maximum atomic E-state index is 14.0. The van der Waals surface area contributed by atoms with Crippen molar-refractivity contribution in [3.05, 3.63) is 47.5 Å². The molecular weight excluding hydrogens is 274 g/mol. The first-order valence-electron chi connectivity index (χ1n) is 7.09. The number of nitrogens with one attached hydrogen (secondary N) is 1. The van der Waals surface area contributed by atoms with Crippen LogP contribution in [0, 0.1) is 11.6 Å². The molecule has 21 heavy (non-hydrogen) atoms. The molecule has 1 aromatic carbocycles. The lowest BCUT2D eigenvalue weighted by Crippen LogP contribution is -2.25. The molecule has 0 saturated carbocycles. The van der Waals surface area contributed by atoms with Crippen LogP contribution in [-0.2, 0) is 6.42 Å². The van der Waals surface area contributed by atoms with Crippen LogP contribution in [0.1, 0.15) is 44.2 Å². The number of benzene rings is 1. The van der Waals surface area contributed by atoms with Gasteiger partial charge in [-0.2, -0.15) is 5.10 Å². The van der Waals surface area contributed by atoms with Crippen LogP contribution in [0.3, 0.4) is 0 Å². The topological polar surface area (TPSA) is 42.7 Å². The van der Waals surface area contributed by atoms with Crippen molar-refractivity contribution in [2.45, 2.75) is 39.3 Å². The van der Waals surface area contributed by atoms with Crippen LogP contribution in [0.25, 0.3) is 0 Å². The Morgan fingerprint density at radius 3 is 2.67 bits per heavy atom. The molecule has 0 spiro atoms. The molecule has 0 radical (unpaired) electrons. The van der Waals surface area contributed by atoms with Gasteiger partial charge in [0.05, 0.1) is 0 Å². The van der Waals surface area contributed by atoms with Crippen molar-refractivity contribution in [2.24, 2.45) is 0 Å². The van der Waals surface area contributed by atoms with E-state index in [4.69, 9.17) is 0 Å². The van der Waals surface area contributed by atoms with Gasteiger partial charge in [0.1, 0.15) is 23.8 Å². The number of hydrogen-bond donors (Lipinski definition) is 1. The summed E-state index contributed by atoms with van der Waals surface area (Å²) in [5.74, 6) is -0.340. The molecule has 0 fully saturated rings. The van der Waals surface area contributed by atoms with E-state index in [1.54, 1.807) is 0 Å². The van der Waals surface area contributed by atoms with E-state index < -0.39 is 11.6 Å². The first-order valence-corrected chi connectivity index (χ1v) is 7.09. The van der Waals surface area contributed by atoms with Crippen LogP contribution in [0.2, 0.25) is 0 Å². The Bertz CT molecular complexity index is 595. The highest BCUT2D eigenvalue weighted by Gasteiger charge is 2.19. The smallest absolute Gasteiger partial charge is 0.138 e. The van der Waals surface area contributed by atoms with E-state index in [-0.39, 0.29) is 12.1 Å². The molecule has 0 bridgehead atoms. The van der Waals surface area contributed by atoms with Crippen molar-refractivity contribution in [2.75, 3.05) is 6.54 Å². The Kier molecular flexibility index (Phi) is 5.01. The summed E-state index contributed by atoms with van der Waals surface area (Å²) in [5.41, 5.74) is 0.441. The Hall–Kier alpha value is -1.82. The number of aromatic nitrogens is 3. The quantitative estimate of drug-likeness (QED) is 0.890. The SMILES string of the molecule is CCNC(Cc1ncnn1C(C)C)c1ccc(F)cc1F. The van der Waals surface area contributed by atoms with E-state index in [0.717, 1.165) is 11.9 Å². The Balaban J connectivity index is 2.28. The average Bonchev–Trinajstić information content (AvgIpc) is 2.86. The van der Waals surface area contributed by atoms with Gasteiger partial charge in [0, 0.05) is 30.1 Å². The molecule has 0 aliphatic heterocycles. The van der Waals surface area contributed by atoms with Crippen molar-refractivity contribution in [3.8, 4) is 0 Å². The molecule has 1 N–H and O–H groups in total. The molecule has 0 amide bonds. The number of rotatable bonds is 6. The second-order valence-electron chi connectivity index (χ2n) is 5.19. The second-order valence-corrected chi connectivity index (χ2v) is 5.19. The molecule has 0 aliphatic rings. The summed E-state index contributed by atoms with van der Waals surface area (Å²) >= 11 is 0. The van der Waals surface area contributed by atoms with E-state index in [0.29, 0.717) is 18.5 Å². The number of nitrogens with zero attached hydrogens (tertiary/aromatic N) is 3. The minimum atomic E-state index is -0.572. The average molecular weight is 294 g/mol. The summed E-state index contributed by atoms with van der Waals surface area (Å²) in [7, 11) is 0. The molecule has 1 atom stereocenters. The number of likely N-dealkylation sites (N-methyl/N-ethyl adjacent to an activating group) is 1. The predicted octanol–water partition coefficient (Wildman–Crippen LogP) is 3.03. The molecule has 2 rings (SSSR count). The maximum absolute atomic E-state index is 14.0. The first kappa shape index (κ1) is 15.6. The maximum Gasteiger partial charge on any atom is 0.138 e. The lowest BCUT2D eigenvalue weighted by molar-refractivity contribution is 0.456. The monoisotopic (exact) mass is 294 g/mol. The minimum Gasteiger partial charge on any atom is -0.310 e. The summed E-state index contributed by atoms with van der Waals surface area (Å²) in [6.07, 6.45) is 1.99. The van der Waals surface area contributed by atoms with Gasteiger partial charge in [-0.15, -0.1) is 0 Å². The fourth-order valence-corrected chi connectivity index (χ4v) is 2.36. The number of halogens is 2. The van der Waals surface area contributed by atoms with Crippen LogP contribution in [0.15, 0.2) is 24.5 Å². The molecule has 2 aromatic rings. The van der Waals surface area contributed by atoms with Gasteiger partial charge < -0.3 is 5.32 Å². The Morgan fingerprint density at radius 2 is 2.05 bits per heavy atom. The Morgan fingerprint density at radius 1 is 1.29 bits per heavy atom. The van der Waals surface area contributed by atoms with Crippen LogP contribution < -0.4 is 5.32 Å². The third kappa shape index (κ3) is 3.64. The third-order valence-electron chi connectivity index (χ3n) is 3.31.